The van der Waals surface area contributed by atoms with Gasteiger partial charge >= 0.3 is 6.09 Å². The number of aliphatic hydroxyl groups is 1. The number of fused-ring (bicyclic) bond motifs is 1. The molecule has 2 aliphatic rings. The summed E-state index contributed by atoms with van der Waals surface area (Å²) in [6, 6.07) is 9.65. The van der Waals surface area contributed by atoms with Crippen LogP contribution < -0.4 is 0 Å². The van der Waals surface area contributed by atoms with Crippen molar-refractivity contribution in [3.8, 4) is 0 Å². The van der Waals surface area contributed by atoms with Crippen molar-refractivity contribution in [2.75, 3.05) is 0 Å². The molecule has 23 heavy (non-hydrogen) atoms. The van der Waals surface area contributed by atoms with Crippen LogP contribution in [0.15, 0.2) is 30.3 Å². The number of benzene rings is 1. The zero-order valence-corrected chi connectivity index (χ0v) is 14.2. The summed E-state index contributed by atoms with van der Waals surface area (Å²) >= 11 is 0. The highest BCUT2D eigenvalue weighted by Crippen LogP contribution is 2.45. The van der Waals surface area contributed by atoms with Crippen molar-refractivity contribution in [1.82, 2.24) is 4.90 Å². The van der Waals surface area contributed by atoms with E-state index in [-0.39, 0.29) is 18.2 Å². The largest absolute Gasteiger partial charge is 0.444 e. The molecule has 1 saturated carbocycles. The summed E-state index contributed by atoms with van der Waals surface area (Å²) in [6.45, 7) is 5.65. The van der Waals surface area contributed by atoms with Crippen molar-refractivity contribution in [3.05, 3.63) is 35.9 Å². The fourth-order valence-electron chi connectivity index (χ4n) is 4.07. The molecule has 0 radical (unpaired) electrons. The van der Waals surface area contributed by atoms with E-state index >= 15 is 0 Å². The second-order valence-electron chi connectivity index (χ2n) is 7.80. The van der Waals surface area contributed by atoms with Crippen molar-refractivity contribution in [1.29, 1.82) is 0 Å². The van der Waals surface area contributed by atoms with E-state index in [0.717, 1.165) is 31.2 Å². The SMILES string of the molecule is CC(C)(C)OC(=O)N1[C@@H]2CCC[C@@H]2C[C@@H]1[C@@H](O)c1ccccc1. The number of carbonyl (C=O) groups is 1. The Morgan fingerprint density at radius 2 is 1.96 bits per heavy atom. The van der Waals surface area contributed by atoms with E-state index in [2.05, 4.69) is 0 Å². The van der Waals surface area contributed by atoms with Crippen LogP contribution in [0.4, 0.5) is 4.79 Å². The van der Waals surface area contributed by atoms with Crippen LogP contribution in [0.1, 0.15) is 58.1 Å². The van der Waals surface area contributed by atoms with Crippen LogP contribution in [-0.2, 0) is 4.74 Å². The number of rotatable bonds is 2. The van der Waals surface area contributed by atoms with Crippen LogP contribution >= 0.6 is 0 Å². The average molecular weight is 317 g/mol. The first-order valence-corrected chi connectivity index (χ1v) is 8.61. The lowest BCUT2D eigenvalue weighted by Gasteiger charge is -2.34. The minimum absolute atomic E-state index is 0.192. The lowest BCUT2D eigenvalue weighted by molar-refractivity contribution is -0.00501. The van der Waals surface area contributed by atoms with Gasteiger partial charge in [-0.3, -0.25) is 4.90 Å². The molecule has 4 atom stereocenters. The maximum atomic E-state index is 12.7. The normalized spacial score (nSPS) is 28.5. The summed E-state index contributed by atoms with van der Waals surface area (Å²) in [5, 5.41) is 10.8. The summed E-state index contributed by atoms with van der Waals surface area (Å²) in [5.74, 6) is 0.492. The van der Waals surface area contributed by atoms with Gasteiger partial charge in [0.1, 0.15) is 5.60 Å². The van der Waals surface area contributed by atoms with E-state index in [1.807, 2.05) is 56.0 Å². The molecule has 1 aromatic rings. The topological polar surface area (TPSA) is 49.8 Å². The summed E-state index contributed by atoms with van der Waals surface area (Å²) in [4.78, 5) is 14.6. The minimum Gasteiger partial charge on any atom is -0.444 e. The van der Waals surface area contributed by atoms with E-state index in [1.54, 1.807) is 0 Å². The van der Waals surface area contributed by atoms with Gasteiger partial charge in [-0.15, -0.1) is 0 Å². The number of amides is 1. The molecular weight excluding hydrogens is 290 g/mol. The maximum Gasteiger partial charge on any atom is 0.410 e. The van der Waals surface area contributed by atoms with E-state index < -0.39 is 11.7 Å². The maximum absolute atomic E-state index is 12.7. The van der Waals surface area contributed by atoms with Crippen molar-refractivity contribution in [2.45, 2.75) is 70.2 Å². The molecule has 1 heterocycles. The molecule has 3 rings (SSSR count). The quantitative estimate of drug-likeness (QED) is 0.900. The van der Waals surface area contributed by atoms with Gasteiger partial charge in [-0.2, -0.15) is 0 Å². The Bertz CT molecular complexity index is 551. The molecule has 1 aromatic carbocycles. The van der Waals surface area contributed by atoms with Gasteiger partial charge in [0.25, 0.3) is 0 Å². The van der Waals surface area contributed by atoms with Gasteiger partial charge in [-0.05, 0) is 51.5 Å². The molecule has 0 spiro atoms. The molecule has 1 N–H and O–H groups in total. The second kappa shape index (κ2) is 6.16. The molecule has 1 amide bonds. The zero-order valence-electron chi connectivity index (χ0n) is 14.2. The first-order chi connectivity index (χ1) is 10.9. The second-order valence-corrected chi connectivity index (χ2v) is 7.80. The first-order valence-electron chi connectivity index (χ1n) is 8.61. The smallest absolute Gasteiger partial charge is 0.410 e. The van der Waals surface area contributed by atoms with E-state index in [4.69, 9.17) is 4.74 Å². The van der Waals surface area contributed by atoms with E-state index in [9.17, 15) is 9.90 Å². The standard InChI is InChI=1S/C19H27NO3/c1-19(2,3)23-18(22)20-15-11-7-10-14(15)12-16(20)17(21)13-8-5-4-6-9-13/h4-6,8-9,14-17,21H,7,10-12H2,1-3H3/t14-,15-,16-,17+/m1/s1. The van der Waals surface area contributed by atoms with Crippen molar-refractivity contribution < 1.29 is 14.6 Å². The highest BCUT2D eigenvalue weighted by molar-refractivity contribution is 5.70. The van der Waals surface area contributed by atoms with Crippen LogP contribution in [0.25, 0.3) is 0 Å². The number of aliphatic hydroxyl groups excluding tert-OH is 1. The fourth-order valence-corrected chi connectivity index (χ4v) is 4.07. The minimum atomic E-state index is -0.658. The third-order valence-electron chi connectivity index (χ3n) is 4.99. The van der Waals surface area contributed by atoms with Crippen LogP contribution in [0.3, 0.4) is 0 Å². The lowest BCUT2D eigenvalue weighted by atomic mass is 9.96. The Hall–Kier alpha value is -1.55. The summed E-state index contributed by atoms with van der Waals surface area (Å²) in [6.07, 6.45) is 3.23. The van der Waals surface area contributed by atoms with Crippen LogP contribution in [0.5, 0.6) is 0 Å². The molecule has 0 bridgehead atoms. The van der Waals surface area contributed by atoms with Crippen LogP contribution in [-0.4, -0.2) is 33.8 Å². The molecule has 1 aliphatic heterocycles. The molecule has 0 unspecified atom stereocenters. The number of hydrogen-bond acceptors (Lipinski definition) is 3. The summed E-state index contributed by atoms with van der Waals surface area (Å²) in [5.41, 5.74) is 0.349. The molecule has 1 aliphatic carbocycles. The Kier molecular flexibility index (Phi) is 4.37. The average Bonchev–Trinajstić information content (AvgIpc) is 3.05. The van der Waals surface area contributed by atoms with Crippen LogP contribution in [0.2, 0.25) is 0 Å². The van der Waals surface area contributed by atoms with Gasteiger partial charge in [-0.1, -0.05) is 36.8 Å². The monoisotopic (exact) mass is 317 g/mol. The van der Waals surface area contributed by atoms with Gasteiger partial charge in [0.15, 0.2) is 0 Å². The van der Waals surface area contributed by atoms with E-state index in [0.29, 0.717) is 5.92 Å². The molecule has 126 valence electrons. The number of ether oxygens (including phenoxy) is 1. The van der Waals surface area contributed by atoms with Crippen molar-refractivity contribution in [2.24, 2.45) is 5.92 Å². The van der Waals surface area contributed by atoms with Gasteiger partial charge in [0.05, 0.1) is 12.1 Å². The predicted octanol–water partition coefficient (Wildman–Crippen LogP) is 3.90. The summed E-state index contributed by atoms with van der Waals surface area (Å²) in [7, 11) is 0. The highest BCUT2D eigenvalue weighted by Gasteiger charge is 2.49. The van der Waals surface area contributed by atoms with Crippen LogP contribution in [0, 0.1) is 5.92 Å². The molecule has 2 fully saturated rings. The number of hydrogen-bond donors (Lipinski definition) is 1. The third kappa shape index (κ3) is 3.37. The Morgan fingerprint density at radius 3 is 2.61 bits per heavy atom. The zero-order chi connectivity index (χ0) is 16.6. The Morgan fingerprint density at radius 1 is 1.26 bits per heavy atom. The Labute approximate surface area is 138 Å². The highest BCUT2D eigenvalue weighted by atomic mass is 16.6. The van der Waals surface area contributed by atoms with E-state index in [1.165, 1.54) is 0 Å². The number of likely N-dealkylation sites (tertiary alicyclic amines) is 1. The number of carbonyl (C=O) groups excluding carboxylic acids is 1. The first kappa shape index (κ1) is 16.3. The Balaban J connectivity index is 1.84. The van der Waals surface area contributed by atoms with Gasteiger partial charge in [-0.25, -0.2) is 4.79 Å². The van der Waals surface area contributed by atoms with Crippen molar-refractivity contribution >= 4 is 6.09 Å². The van der Waals surface area contributed by atoms with Crippen molar-refractivity contribution in [3.63, 3.8) is 0 Å². The summed E-state index contributed by atoms with van der Waals surface area (Å²) < 4.78 is 5.62. The third-order valence-corrected chi connectivity index (χ3v) is 4.99. The molecule has 1 saturated heterocycles. The molecule has 4 nitrogen and oxygen atoms in total. The lowest BCUT2D eigenvalue weighted by Crippen LogP contribution is -2.46. The van der Waals surface area contributed by atoms with Gasteiger partial charge in [0.2, 0.25) is 0 Å². The molecule has 4 heteroatoms. The van der Waals surface area contributed by atoms with Gasteiger partial charge < -0.3 is 9.84 Å². The number of nitrogens with zero attached hydrogens (tertiary/aromatic N) is 1. The fraction of sp³-hybridized carbons (Fsp3) is 0.632. The van der Waals surface area contributed by atoms with Gasteiger partial charge in [0, 0.05) is 6.04 Å². The molecule has 0 aromatic heterocycles. The molecular formula is C19H27NO3. The predicted molar refractivity (Wildman–Crippen MR) is 89.0 cm³/mol.